The number of hydrogen-bond donors (Lipinski definition) is 4. The Kier molecular flexibility index (Phi) is 5.75. The topological polar surface area (TPSA) is 139 Å². The van der Waals surface area contributed by atoms with Crippen LogP contribution in [0.2, 0.25) is 0 Å². The first-order chi connectivity index (χ1) is 15.4. The predicted molar refractivity (Wildman–Crippen MR) is 119 cm³/mol. The fourth-order valence-corrected chi connectivity index (χ4v) is 4.81. The lowest BCUT2D eigenvalue weighted by Gasteiger charge is -2.35. The third kappa shape index (κ3) is 3.54. The summed E-state index contributed by atoms with van der Waals surface area (Å²) in [4.78, 5) is 24.6. The molecule has 1 aliphatic rings. The molecule has 166 valence electrons. The van der Waals surface area contributed by atoms with Gasteiger partial charge in [0.05, 0.1) is 5.41 Å². The number of nitrogens with two attached hydrogens (primary N) is 1. The number of nitrogens with one attached hydrogen (secondary N) is 3. The van der Waals surface area contributed by atoms with Gasteiger partial charge in [0.25, 0.3) is 11.8 Å². The predicted octanol–water partition coefficient (Wildman–Crippen LogP) is 1.09. The Labute approximate surface area is 186 Å². The van der Waals surface area contributed by atoms with Crippen molar-refractivity contribution in [2.45, 2.75) is 37.6 Å². The lowest BCUT2D eigenvalue weighted by molar-refractivity contribution is 0.0955. The molecule has 5 N–H and O–H groups in total. The Bertz CT molecular complexity index is 1090. The maximum atomic E-state index is 12.3. The van der Waals surface area contributed by atoms with E-state index in [0.717, 1.165) is 22.3 Å². The van der Waals surface area contributed by atoms with E-state index < -0.39 is 5.41 Å². The van der Waals surface area contributed by atoms with E-state index in [1.54, 1.807) is 14.1 Å². The monoisotopic (exact) mass is 433 g/mol. The average molecular weight is 434 g/mol. The molecule has 2 aromatic carbocycles. The Morgan fingerprint density at radius 1 is 1.03 bits per heavy atom. The first kappa shape index (κ1) is 21.6. The van der Waals surface area contributed by atoms with Gasteiger partial charge in [-0.2, -0.15) is 0 Å². The highest BCUT2D eigenvalue weighted by Crippen LogP contribution is 2.46. The molecule has 1 unspecified atom stereocenters. The van der Waals surface area contributed by atoms with Crippen LogP contribution in [0.4, 0.5) is 0 Å². The minimum atomic E-state index is -0.749. The highest BCUT2D eigenvalue weighted by atomic mass is 16.2. The van der Waals surface area contributed by atoms with Crippen LogP contribution in [0, 0.1) is 0 Å². The maximum absolute atomic E-state index is 12.3. The summed E-state index contributed by atoms with van der Waals surface area (Å²) in [5.74, 6) is 0.297. The minimum Gasteiger partial charge on any atom is -0.355 e. The van der Waals surface area contributed by atoms with Crippen molar-refractivity contribution < 1.29 is 9.59 Å². The van der Waals surface area contributed by atoms with E-state index in [1.807, 2.05) is 43.3 Å². The van der Waals surface area contributed by atoms with Gasteiger partial charge < -0.3 is 16.4 Å². The largest absolute Gasteiger partial charge is 0.355 e. The molecule has 1 aromatic heterocycles. The highest BCUT2D eigenvalue weighted by Gasteiger charge is 2.44. The summed E-state index contributed by atoms with van der Waals surface area (Å²) in [5, 5.41) is 20.4. The molecular weight excluding hydrogens is 406 g/mol. The number of rotatable bonds is 5. The lowest BCUT2D eigenvalue weighted by atomic mass is 9.68. The Balaban J connectivity index is 2.02. The Morgan fingerprint density at radius 3 is 1.97 bits per heavy atom. The molecule has 9 nitrogen and oxygen atoms in total. The fourth-order valence-electron chi connectivity index (χ4n) is 4.81. The van der Waals surface area contributed by atoms with Crippen molar-refractivity contribution in [2.24, 2.45) is 5.73 Å². The van der Waals surface area contributed by atoms with Crippen LogP contribution in [-0.4, -0.2) is 52.6 Å². The van der Waals surface area contributed by atoms with Gasteiger partial charge in [0, 0.05) is 31.3 Å². The molecule has 1 heterocycles. The van der Waals surface area contributed by atoms with Crippen molar-refractivity contribution in [1.82, 2.24) is 31.3 Å². The number of hydrogen-bond acceptors (Lipinski definition) is 6. The molecule has 4 rings (SSSR count). The number of fused-ring (bicyclic) bond motifs is 2. The van der Waals surface area contributed by atoms with Crippen molar-refractivity contribution in [3.05, 3.63) is 75.6 Å². The molecule has 0 radical (unpaired) electrons. The van der Waals surface area contributed by atoms with Gasteiger partial charge >= 0.3 is 0 Å². The van der Waals surface area contributed by atoms with Gasteiger partial charge in [-0.05, 0) is 83.1 Å². The van der Waals surface area contributed by atoms with Gasteiger partial charge in [0.2, 0.25) is 0 Å². The number of aryl methyl sites for hydroxylation is 2. The third-order valence-electron chi connectivity index (χ3n) is 6.15. The summed E-state index contributed by atoms with van der Waals surface area (Å²) in [5.41, 5.74) is 10.9. The van der Waals surface area contributed by atoms with Crippen molar-refractivity contribution in [3.8, 4) is 0 Å². The molecule has 1 aliphatic carbocycles. The van der Waals surface area contributed by atoms with Crippen molar-refractivity contribution in [1.29, 1.82) is 0 Å². The van der Waals surface area contributed by atoms with Gasteiger partial charge in [-0.15, -0.1) is 5.10 Å². The Morgan fingerprint density at radius 2 is 1.56 bits per heavy atom. The van der Waals surface area contributed by atoms with Gasteiger partial charge in [-0.3, -0.25) is 9.59 Å². The van der Waals surface area contributed by atoms with Crippen LogP contribution in [-0.2, 0) is 18.3 Å². The van der Waals surface area contributed by atoms with Gasteiger partial charge in [0.1, 0.15) is 0 Å². The molecule has 0 saturated carbocycles. The molecule has 32 heavy (non-hydrogen) atoms. The second-order valence-electron chi connectivity index (χ2n) is 8.24. The summed E-state index contributed by atoms with van der Waals surface area (Å²) >= 11 is 0. The number of tetrazole rings is 1. The van der Waals surface area contributed by atoms with E-state index in [2.05, 4.69) is 31.3 Å². The lowest BCUT2D eigenvalue weighted by Crippen LogP contribution is -2.38. The molecular formula is C23H27N7O2. The van der Waals surface area contributed by atoms with Gasteiger partial charge in [-0.25, -0.2) is 5.10 Å². The van der Waals surface area contributed by atoms with Crippen LogP contribution in [0.25, 0.3) is 0 Å². The SMILES string of the molecule is CNC(=O)c1ccc2c(c1)CCc1cc(C(=O)NC)ccc1C2(CC(C)N)c1nnn[nH]1. The number of benzene rings is 2. The number of H-pyrrole nitrogens is 1. The third-order valence-corrected chi connectivity index (χ3v) is 6.15. The first-order valence-corrected chi connectivity index (χ1v) is 10.6. The van der Waals surface area contributed by atoms with Gasteiger partial charge in [0.15, 0.2) is 5.82 Å². The molecule has 0 saturated heterocycles. The van der Waals surface area contributed by atoms with Crippen LogP contribution in [0.3, 0.4) is 0 Å². The second kappa shape index (κ2) is 8.51. The van der Waals surface area contributed by atoms with Crippen LogP contribution < -0.4 is 16.4 Å². The summed E-state index contributed by atoms with van der Waals surface area (Å²) in [6.45, 7) is 1.95. The zero-order valence-electron chi connectivity index (χ0n) is 18.4. The molecule has 1 atom stereocenters. The normalized spacial score (nSPS) is 15.1. The van der Waals surface area contributed by atoms with E-state index in [0.29, 0.717) is 36.2 Å². The number of carbonyl (C=O) groups excluding carboxylic acids is 2. The van der Waals surface area contributed by atoms with E-state index in [-0.39, 0.29) is 17.9 Å². The van der Waals surface area contributed by atoms with E-state index in [9.17, 15) is 9.59 Å². The molecule has 0 bridgehead atoms. The molecule has 0 spiro atoms. The minimum absolute atomic E-state index is 0.143. The van der Waals surface area contributed by atoms with E-state index in [4.69, 9.17) is 5.73 Å². The summed E-state index contributed by atoms with van der Waals surface area (Å²) in [6, 6.07) is 11.3. The van der Waals surface area contributed by atoms with Crippen LogP contribution in [0.1, 0.15) is 62.1 Å². The number of carbonyl (C=O) groups is 2. The van der Waals surface area contributed by atoms with E-state index >= 15 is 0 Å². The molecule has 0 fully saturated rings. The molecule has 2 amide bonds. The second-order valence-corrected chi connectivity index (χ2v) is 8.24. The number of aromatic amines is 1. The zero-order chi connectivity index (χ0) is 22.9. The summed E-state index contributed by atoms with van der Waals surface area (Å²) in [6.07, 6.45) is 1.95. The average Bonchev–Trinajstić information content (AvgIpc) is 3.31. The van der Waals surface area contributed by atoms with Crippen molar-refractivity contribution in [2.75, 3.05) is 14.1 Å². The number of nitrogens with zero attached hydrogens (tertiary/aromatic N) is 3. The zero-order valence-corrected chi connectivity index (χ0v) is 18.4. The smallest absolute Gasteiger partial charge is 0.251 e. The van der Waals surface area contributed by atoms with Gasteiger partial charge in [-0.1, -0.05) is 12.1 Å². The Hall–Kier alpha value is -3.59. The first-order valence-electron chi connectivity index (χ1n) is 10.6. The number of amides is 2. The summed E-state index contributed by atoms with van der Waals surface area (Å²) in [7, 11) is 3.23. The van der Waals surface area contributed by atoms with Crippen molar-refractivity contribution in [3.63, 3.8) is 0 Å². The molecule has 9 heteroatoms. The molecule has 3 aromatic rings. The highest BCUT2D eigenvalue weighted by molar-refractivity contribution is 5.95. The maximum Gasteiger partial charge on any atom is 0.251 e. The molecule has 0 aliphatic heterocycles. The fraction of sp³-hybridized carbons (Fsp3) is 0.348. The van der Waals surface area contributed by atoms with Crippen LogP contribution >= 0.6 is 0 Å². The summed E-state index contributed by atoms with van der Waals surface area (Å²) < 4.78 is 0. The quantitative estimate of drug-likeness (QED) is 0.475. The number of aromatic nitrogens is 4. The van der Waals surface area contributed by atoms with Crippen LogP contribution in [0.15, 0.2) is 36.4 Å². The standard InChI is InChI=1S/C23H27N7O2/c1-13(24)12-23(22-27-29-30-28-22)18-8-6-16(20(31)25-2)10-14(18)4-5-15-11-17(21(32)26-3)7-9-19(15)23/h6-11,13H,4-5,12,24H2,1-3H3,(H,25,31)(H,26,32)(H,27,28,29,30). The van der Waals surface area contributed by atoms with E-state index in [1.165, 1.54) is 0 Å². The van der Waals surface area contributed by atoms with Crippen LogP contribution in [0.5, 0.6) is 0 Å². The van der Waals surface area contributed by atoms with Crippen molar-refractivity contribution >= 4 is 11.8 Å².